The van der Waals surface area contributed by atoms with Crippen LogP contribution in [-0.2, 0) is 0 Å². The van der Waals surface area contributed by atoms with Gasteiger partial charge in [0, 0.05) is 0 Å². The fraction of sp³-hybridized carbons (Fsp3) is 1.00. The predicted molar refractivity (Wildman–Crippen MR) is 216 cm³/mol. The van der Waals surface area contributed by atoms with E-state index >= 15 is 0 Å². The molecule has 0 aliphatic heterocycles. The summed E-state index contributed by atoms with van der Waals surface area (Å²) in [5, 5.41) is 0. The summed E-state index contributed by atoms with van der Waals surface area (Å²) in [4.78, 5) is 0. The molecule has 0 aromatic carbocycles. The van der Waals surface area contributed by atoms with Crippen LogP contribution >= 0.6 is 0 Å². The van der Waals surface area contributed by atoms with Crippen LogP contribution in [0.2, 0.25) is 66.5 Å². The van der Waals surface area contributed by atoms with Crippen LogP contribution in [0.15, 0.2) is 0 Å². The van der Waals surface area contributed by atoms with Gasteiger partial charge in [-0.3, -0.25) is 0 Å². The van der Waals surface area contributed by atoms with Gasteiger partial charge in [0.05, 0.1) is 35.2 Å². The second-order valence-electron chi connectivity index (χ2n) is 15.9. The quantitative estimate of drug-likeness (QED) is 0.173. The molecule has 0 spiro atoms. The summed E-state index contributed by atoms with van der Waals surface area (Å²) in [7, 11) is -0.383. The van der Waals surface area contributed by atoms with Crippen LogP contribution < -0.4 is 0 Å². The Morgan fingerprint density at radius 1 is 0.190 bits per heavy atom. The van der Waals surface area contributed by atoms with Crippen molar-refractivity contribution in [2.45, 2.75) is 233 Å². The number of rotatable bonds is 12. The van der Waals surface area contributed by atoms with Crippen LogP contribution in [-0.4, -0.2) is 63.2 Å². The summed E-state index contributed by atoms with van der Waals surface area (Å²) in [6.07, 6.45) is 0. The summed E-state index contributed by atoms with van der Waals surface area (Å²) in [5.74, 6) is 0. The van der Waals surface area contributed by atoms with Crippen molar-refractivity contribution in [1.29, 1.82) is 0 Å². The summed E-state index contributed by atoms with van der Waals surface area (Å²) < 4.78 is 0. The monoisotopic (exact) mass is 776 g/mol. The average Bonchev–Trinajstić information content (AvgIpc) is 2.72. The molecule has 0 atom stereocenters. The molecule has 0 fully saturated rings. The molecule has 6 heteroatoms. The molecule has 252 valence electrons. The molecule has 0 heterocycles. The number of hydrogen-bond donors (Lipinski definition) is 0. The van der Waals surface area contributed by atoms with Gasteiger partial charge < -0.3 is 0 Å². The molecule has 0 rings (SSSR count). The van der Waals surface area contributed by atoms with Crippen molar-refractivity contribution in [3.8, 4) is 0 Å². The van der Waals surface area contributed by atoms with Crippen LogP contribution in [0.1, 0.15) is 166 Å². The molecule has 0 amide bonds. The van der Waals surface area contributed by atoms with Gasteiger partial charge in [-0.25, -0.2) is 0 Å². The van der Waals surface area contributed by atoms with Gasteiger partial charge in [0.25, 0.3) is 0 Å². The van der Waals surface area contributed by atoms with Crippen LogP contribution in [0.5, 0.6) is 0 Å². The Morgan fingerprint density at radius 3 is 0.238 bits per heavy atom. The Morgan fingerprint density at radius 2 is 0.238 bits per heavy atom. The van der Waals surface area contributed by atoms with E-state index in [1.54, 1.807) is 0 Å². The minimum absolute atomic E-state index is 0.0957. The standard InChI is InChI=1S/4C9H21Si.Ge2/c4*1-7(2)10(8(3)4)9(5)6;1-2/h4*7-9H,1-6H3;. The van der Waals surface area contributed by atoms with E-state index in [1.807, 2.05) is 28.0 Å². The molecule has 42 heavy (non-hydrogen) atoms. The van der Waals surface area contributed by atoms with E-state index in [9.17, 15) is 0 Å². The zero-order chi connectivity index (χ0) is 35.2. The van der Waals surface area contributed by atoms with Crippen molar-refractivity contribution in [3.05, 3.63) is 0 Å². The molecule has 0 nitrogen and oxygen atoms in total. The van der Waals surface area contributed by atoms with Crippen molar-refractivity contribution in [3.63, 3.8) is 0 Å². The van der Waals surface area contributed by atoms with Crippen LogP contribution in [0.4, 0.5) is 0 Å². The first-order chi connectivity index (χ1) is 18.9. The summed E-state index contributed by atoms with van der Waals surface area (Å²) in [5.41, 5.74) is 11.2. The van der Waals surface area contributed by atoms with Gasteiger partial charge in [-0.1, -0.05) is 233 Å². The zero-order valence-electron chi connectivity index (χ0n) is 33.9. The molecule has 0 aromatic heterocycles. The Labute approximate surface area is 293 Å². The van der Waals surface area contributed by atoms with Gasteiger partial charge in [-0.15, -0.1) is 0 Å². The van der Waals surface area contributed by atoms with E-state index in [0.29, 0.717) is 0 Å². The Bertz CT molecular complexity index is 385. The molecular weight excluding hydrogens is 690 g/mol. The number of hydrogen-bond acceptors (Lipinski definition) is 0. The van der Waals surface area contributed by atoms with Crippen LogP contribution in [0.3, 0.4) is 0 Å². The summed E-state index contributed by atoms with van der Waals surface area (Å²) >= 11 is 4.00. The average molecular weight is 775 g/mol. The third-order valence-electron chi connectivity index (χ3n) is 8.00. The molecule has 8 radical (unpaired) electrons. The first-order valence-electron chi connectivity index (χ1n) is 17.6. The van der Waals surface area contributed by atoms with Gasteiger partial charge in [-0.2, -0.15) is 0 Å². The fourth-order valence-electron chi connectivity index (χ4n) is 8.00. The van der Waals surface area contributed by atoms with E-state index in [1.165, 1.54) is 0 Å². The molecular formula is C36H84Ge2Si4. The Kier molecular flexibility index (Phi) is 38.6. The van der Waals surface area contributed by atoms with Gasteiger partial charge in [0.15, 0.2) is 0 Å². The summed E-state index contributed by atoms with van der Waals surface area (Å²) in [6.45, 7) is 56.9. The second kappa shape index (κ2) is 30.3. The molecule has 0 N–H and O–H groups in total. The van der Waals surface area contributed by atoms with E-state index in [0.717, 1.165) is 66.5 Å². The third kappa shape index (κ3) is 28.2. The topological polar surface area (TPSA) is 0 Å². The van der Waals surface area contributed by atoms with E-state index in [4.69, 9.17) is 0 Å². The molecule has 0 unspecified atom stereocenters. The molecule has 0 aliphatic rings. The first kappa shape index (κ1) is 53.4. The normalized spacial score (nSPS) is 12.1. The SMILES string of the molecule is CC(C)[Si](C(C)C)C(C)C.CC(C)[Si](C(C)C)C(C)C.CC(C)[Si](C(C)C)C(C)C.CC(C)[Si](C(C)C)C(C)C.[Ge]=[Ge]. The van der Waals surface area contributed by atoms with Gasteiger partial charge in [0.2, 0.25) is 0 Å². The molecule has 0 aromatic rings. The van der Waals surface area contributed by atoms with Crippen molar-refractivity contribution < 1.29 is 0 Å². The maximum absolute atomic E-state index is 2.37. The van der Waals surface area contributed by atoms with Crippen LogP contribution in [0.25, 0.3) is 0 Å². The van der Waals surface area contributed by atoms with Gasteiger partial charge in [-0.05, 0) is 0 Å². The maximum atomic E-state index is 2.37. The van der Waals surface area contributed by atoms with E-state index < -0.39 is 0 Å². The molecule has 0 saturated carbocycles. The Balaban J connectivity index is -0.000000142. The van der Waals surface area contributed by atoms with Gasteiger partial charge >= 0.3 is 28.0 Å². The van der Waals surface area contributed by atoms with Crippen molar-refractivity contribution in [1.82, 2.24) is 0 Å². The van der Waals surface area contributed by atoms with Crippen molar-refractivity contribution in [2.75, 3.05) is 0 Å². The zero-order valence-corrected chi connectivity index (χ0v) is 42.1. The molecule has 0 aliphatic carbocycles. The van der Waals surface area contributed by atoms with Gasteiger partial charge in [0.1, 0.15) is 0 Å². The molecule has 0 saturated heterocycles. The Hall–Kier alpha value is 1.95. The minimum atomic E-state index is -0.0957. The second-order valence-corrected chi connectivity index (χ2v) is 33.7. The van der Waals surface area contributed by atoms with E-state index in [-0.39, 0.29) is 35.2 Å². The van der Waals surface area contributed by atoms with Crippen LogP contribution in [0, 0.1) is 0 Å². The third-order valence-corrected chi connectivity index (χ3v) is 24.0. The van der Waals surface area contributed by atoms with Crippen molar-refractivity contribution in [2.24, 2.45) is 0 Å². The molecule has 0 bridgehead atoms. The van der Waals surface area contributed by atoms with Crippen molar-refractivity contribution >= 4 is 63.2 Å². The first-order valence-corrected chi connectivity index (χ1v) is 31.0. The van der Waals surface area contributed by atoms with E-state index in [2.05, 4.69) is 166 Å². The predicted octanol–water partition coefficient (Wildman–Crippen LogP) is 14.1. The fourth-order valence-corrected chi connectivity index (χ4v) is 24.0. The summed E-state index contributed by atoms with van der Waals surface area (Å²) in [6, 6.07) is 0.